The van der Waals surface area contributed by atoms with Gasteiger partial charge in [0.2, 0.25) is 0 Å². The Morgan fingerprint density at radius 1 is 1.50 bits per heavy atom. The molecular formula is C18H23N5O2S. The first kappa shape index (κ1) is 19.9. The van der Waals surface area contributed by atoms with Crippen molar-refractivity contribution in [1.29, 1.82) is 0 Å². The van der Waals surface area contributed by atoms with Crippen molar-refractivity contribution >= 4 is 41.6 Å². The molecule has 0 bridgehead atoms. The van der Waals surface area contributed by atoms with E-state index in [1.807, 2.05) is 32.9 Å². The molecular weight excluding hydrogens is 350 g/mol. The van der Waals surface area contributed by atoms with Gasteiger partial charge in [-0.3, -0.25) is 9.79 Å². The zero-order valence-electron chi connectivity index (χ0n) is 15.1. The van der Waals surface area contributed by atoms with E-state index in [2.05, 4.69) is 32.0 Å². The number of nitrogens with one attached hydrogen (secondary N) is 2. The Morgan fingerprint density at radius 2 is 2.27 bits per heavy atom. The Hall–Kier alpha value is -2.45. The number of thioether (sulfide) groups is 1. The molecule has 0 unspecified atom stereocenters. The lowest BCUT2D eigenvalue weighted by Crippen LogP contribution is -2.20. The maximum absolute atomic E-state index is 11.6. The van der Waals surface area contributed by atoms with Gasteiger partial charge in [-0.05, 0) is 38.7 Å². The summed E-state index contributed by atoms with van der Waals surface area (Å²) in [6.07, 6.45) is 6.90. The molecule has 0 radical (unpaired) electrons. The number of anilines is 1. The van der Waals surface area contributed by atoms with Gasteiger partial charge in [-0.1, -0.05) is 19.1 Å². The first-order chi connectivity index (χ1) is 12.6. The molecule has 26 heavy (non-hydrogen) atoms. The highest BCUT2D eigenvalue weighted by Gasteiger charge is 2.19. The molecule has 0 saturated carbocycles. The van der Waals surface area contributed by atoms with Crippen LogP contribution in [0.25, 0.3) is 11.0 Å². The molecule has 2 rings (SSSR count). The minimum atomic E-state index is -0.217. The van der Waals surface area contributed by atoms with E-state index in [0.717, 1.165) is 16.9 Å². The van der Waals surface area contributed by atoms with Crippen molar-refractivity contribution in [2.75, 3.05) is 11.9 Å². The number of nitrogens with zero attached hydrogens (tertiary/aromatic N) is 3. The predicted molar refractivity (Wildman–Crippen MR) is 107 cm³/mol. The normalized spacial score (nSPS) is 13.3. The molecule has 138 valence electrons. The fourth-order valence-electron chi connectivity index (χ4n) is 2.45. The first-order valence-electron chi connectivity index (χ1n) is 8.29. The standard InChI is InChI=1S/C18H23N5O2S/c1-5-7-12(8-19-4)26-18-22-16(20-11(3)9-24)15-13(10-25)14(6-2)21-17(15)23-18/h5,7-8,10-11,24H,4,6,9H2,1-3H3,(H2,20,21,22,23)/b7-5-,12-8+/t11-/m1/s1. The van der Waals surface area contributed by atoms with Crippen LogP contribution in [0.5, 0.6) is 0 Å². The fraction of sp³-hybridized carbons (Fsp3) is 0.333. The molecule has 0 aliphatic heterocycles. The molecule has 0 aliphatic carbocycles. The lowest BCUT2D eigenvalue weighted by molar-refractivity contribution is 0.112. The van der Waals surface area contributed by atoms with Crippen molar-refractivity contribution in [2.24, 2.45) is 4.99 Å². The Labute approximate surface area is 156 Å². The number of aldehydes is 1. The minimum absolute atomic E-state index is 0.0560. The van der Waals surface area contributed by atoms with Gasteiger partial charge in [0.25, 0.3) is 0 Å². The number of aromatic amines is 1. The number of fused-ring (bicyclic) bond motifs is 1. The summed E-state index contributed by atoms with van der Waals surface area (Å²) in [4.78, 5) is 28.6. The molecule has 0 spiro atoms. The lowest BCUT2D eigenvalue weighted by atomic mass is 10.1. The number of hydrogen-bond acceptors (Lipinski definition) is 7. The summed E-state index contributed by atoms with van der Waals surface area (Å²) in [6.45, 7) is 9.13. The number of allylic oxidation sites excluding steroid dienone is 2. The second kappa shape index (κ2) is 9.30. The van der Waals surface area contributed by atoms with Gasteiger partial charge in [0, 0.05) is 28.4 Å². The zero-order chi connectivity index (χ0) is 19.1. The first-order valence-corrected chi connectivity index (χ1v) is 9.11. The van der Waals surface area contributed by atoms with Gasteiger partial charge in [-0.25, -0.2) is 9.97 Å². The molecule has 2 heterocycles. The van der Waals surface area contributed by atoms with Gasteiger partial charge in [-0.15, -0.1) is 0 Å². The third-order valence-corrected chi connectivity index (χ3v) is 4.48. The summed E-state index contributed by atoms with van der Waals surface area (Å²) < 4.78 is 0. The van der Waals surface area contributed by atoms with Crippen LogP contribution in [0.15, 0.2) is 33.4 Å². The summed E-state index contributed by atoms with van der Waals surface area (Å²) in [5.74, 6) is 0.517. The van der Waals surface area contributed by atoms with Crippen molar-refractivity contribution in [3.05, 3.63) is 34.5 Å². The predicted octanol–water partition coefficient (Wildman–Crippen LogP) is 3.34. The molecule has 3 N–H and O–H groups in total. The van der Waals surface area contributed by atoms with E-state index < -0.39 is 0 Å². The topological polar surface area (TPSA) is 103 Å². The second-order valence-electron chi connectivity index (χ2n) is 5.61. The number of aryl methyl sites for hydroxylation is 1. The molecule has 2 aromatic rings. The number of aliphatic hydroxyl groups is 1. The van der Waals surface area contributed by atoms with Gasteiger partial charge >= 0.3 is 0 Å². The Bertz CT molecular complexity index is 857. The Morgan fingerprint density at radius 3 is 2.85 bits per heavy atom. The average molecular weight is 373 g/mol. The van der Waals surface area contributed by atoms with Crippen LogP contribution in [0.2, 0.25) is 0 Å². The van der Waals surface area contributed by atoms with Gasteiger partial charge in [0.15, 0.2) is 11.4 Å². The monoisotopic (exact) mass is 373 g/mol. The van der Waals surface area contributed by atoms with Crippen LogP contribution in [0.1, 0.15) is 36.8 Å². The van der Waals surface area contributed by atoms with Gasteiger partial charge in [-0.2, -0.15) is 0 Å². The van der Waals surface area contributed by atoms with E-state index >= 15 is 0 Å². The van der Waals surface area contributed by atoms with Crippen LogP contribution >= 0.6 is 11.8 Å². The smallest absolute Gasteiger partial charge is 0.196 e. The van der Waals surface area contributed by atoms with Crippen LogP contribution < -0.4 is 5.32 Å². The maximum atomic E-state index is 11.6. The summed E-state index contributed by atoms with van der Waals surface area (Å²) in [7, 11) is 0. The summed E-state index contributed by atoms with van der Waals surface area (Å²) in [6, 6.07) is -0.217. The van der Waals surface area contributed by atoms with Gasteiger partial charge in [0.05, 0.1) is 12.0 Å². The largest absolute Gasteiger partial charge is 0.394 e. The SMILES string of the molecule is C=N/C=C(\C=C/C)Sc1nc(N[C@H](C)CO)c2c(C=O)c(CC)[nH]c2n1. The van der Waals surface area contributed by atoms with Gasteiger partial charge in [0.1, 0.15) is 11.5 Å². The Balaban J connectivity index is 2.61. The Kier molecular flexibility index (Phi) is 7.11. The third kappa shape index (κ3) is 4.39. The highest BCUT2D eigenvalue weighted by atomic mass is 32.2. The minimum Gasteiger partial charge on any atom is -0.394 e. The van der Waals surface area contributed by atoms with E-state index in [-0.39, 0.29) is 12.6 Å². The molecule has 0 amide bonds. The van der Waals surface area contributed by atoms with Crippen LogP contribution in [0.4, 0.5) is 5.82 Å². The van der Waals surface area contributed by atoms with Crippen LogP contribution in [-0.2, 0) is 6.42 Å². The summed E-state index contributed by atoms with van der Waals surface area (Å²) in [5, 5.41) is 13.7. The third-order valence-electron chi connectivity index (χ3n) is 3.64. The highest BCUT2D eigenvalue weighted by Crippen LogP contribution is 2.32. The van der Waals surface area contributed by atoms with E-state index in [4.69, 9.17) is 0 Å². The molecule has 0 aromatic carbocycles. The number of aliphatic hydroxyl groups excluding tert-OH is 1. The van der Waals surface area contributed by atoms with Gasteiger partial charge < -0.3 is 15.4 Å². The number of carbonyl (C=O) groups excluding carboxylic acids is 1. The quantitative estimate of drug-likeness (QED) is 0.205. The number of rotatable bonds is 9. The molecule has 1 atom stereocenters. The van der Waals surface area contributed by atoms with Crippen LogP contribution in [0.3, 0.4) is 0 Å². The second-order valence-corrected chi connectivity index (χ2v) is 6.65. The zero-order valence-corrected chi connectivity index (χ0v) is 15.9. The molecule has 8 heteroatoms. The summed E-state index contributed by atoms with van der Waals surface area (Å²) in [5.41, 5.74) is 1.94. The van der Waals surface area contributed by atoms with Crippen molar-refractivity contribution in [3.8, 4) is 0 Å². The van der Waals surface area contributed by atoms with E-state index in [1.54, 1.807) is 6.20 Å². The maximum Gasteiger partial charge on any atom is 0.196 e. The van der Waals surface area contributed by atoms with E-state index in [0.29, 0.717) is 34.0 Å². The van der Waals surface area contributed by atoms with E-state index in [9.17, 15) is 9.90 Å². The van der Waals surface area contributed by atoms with Crippen molar-refractivity contribution < 1.29 is 9.90 Å². The lowest BCUT2D eigenvalue weighted by Gasteiger charge is -2.13. The van der Waals surface area contributed by atoms with Crippen molar-refractivity contribution in [1.82, 2.24) is 15.0 Å². The number of aliphatic imine (C=N–C) groups is 1. The molecule has 0 fully saturated rings. The van der Waals surface area contributed by atoms with Crippen molar-refractivity contribution in [2.45, 2.75) is 38.4 Å². The van der Waals surface area contributed by atoms with Crippen LogP contribution in [0, 0.1) is 0 Å². The summed E-state index contributed by atoms with van der Waals surface area (Å²) >= 11 is 1.34. The molecule has 0 saturated heterocycles. The van der Waals surface area contributed by atoms with E-state index in [1.165, 1.54) is 11.8 Å². The fourth-order valence-corrected chi connectivity index (χ4v) is 3.26. The number of aromatic nitrogens is 3. The number of hydrogen-bond donors (Lipinski definition) is 3. The van der Waals surface area contributed by atoms with Crippen molar-refractivity contribution in [3.63, 3.8) is 0 Å². The average Bonchev–Trinajstić information content (AvgIpc) is 2.99. The number of H-pyrrole nitrogens is 1. The molecule has 7 nitrogen and oxygen atoms in total. The van der Waals surface area contributed by atoms with Crippen LogP contribution in [-0.4, -0.2) is 45.7 Å². The molecule has 0 aliphatic rings. The number of carbonyl (C=O) groups is 1. The molecule has 2 aromatic heterocycles. The highest BCUT2D eigenvalue weighted by molar-refractivity contribution is 8.03.